The maximum absolute atomic E-state index is 4.41. The summed E-state index contributed by atoms with van der Waals surface area (Å²) in [7, 11) is 0. The molecule has 0 atom stereocenters. The van der Waals surface area contributed by atoms with Gasteiger partial charge in [-0.05, 0) is 66.2 Å². The van der Waals surface area contributed by atoms with Crippen LogP contribution in [0.4, 0.5) is 11.4 Å². The van der Waals surface area contributed by atoms with E-state index < -0.39 is 0 Å². The van der Waals surface area contributed by atoms with Gasteiger partial charge in [-0.15, -0.1) is 0 Å². The van der Waals surface area contributed by atoms with Crippen molar-refractivity contribution in [2.45, 2.75) is 20.4 Å². The van der Waals surface area contributed by atoms with E-state index in [1.54, 1.807) is 0 Å². The van der Waals surface area contributed by atoms with E-state index in [1.807, 2.05) is 18.2 Å². The molecule has 2 aromatic rings. The Morgan fingerprint density at radius 2 is 1.75 bits per heavy atom. The number of rotatable bonds is 6. The highest BCUT2D eigenvalue weighted by molar-refractivity contribution is 9.10. The average molecular weight is 334 g/mol. The van der Waals surface area contributed by atoms with E-state index in [4.69, 9.17) is 0 Å². The van der Waals surface area contributed by atoms with Crippen LogP contribution in [0.3, 0.4) is 0 Å². The van der Waals surface area contributed by atoms with Crippen LogP contribution in [0.25, 0.3) is 0 Å². The minimum absolute atomic E-state index is 0.726. The number of anilines is 2. The predicted molar refractivity (Wildman–Crippen MR) is 89.3 cm³/mol. The lowest BCUT2D eigenvalue weighted by Crippen LogP contribution is -2.21. The molecule has 20 heavy (non-hydrogen) atoms. The van der Waals surface area contributed by atoms with Crippen molar-refractivity contribution in [3.8, 4) is 0 Å². The third-order valence-corrected chi connectivity index (χ3v) is 3.68. The largest absolute Gasteiger partial charge is 0.379 e. The second kappa shape index (κ2) is 7.29. The van der Waals surface area contributed by atoms with E-state index in [2.05, 4.69) is 69.2 Å². The number of nitrogens with zero attached hydrogens (tertiary/aromatic N) is 2. The van der Waals surface area contributed by atoms with Crippen LogP contribution >= 0.6 is 15.9 Å². The Balaban J connectivity index is 1.97. The van der Waals surface area contributed by atoms with Gasteiger partial charge in [-0.25, -0.2) is 4.98 Å². The smallest absolute Gasteiger partial charge is 0.106 e. The molecule has 0 saturated carbocycles. The van der Waals surface area contributed by atoms with Crippen LogP contribution in [0.2, 0.25) is 0 Å². The summed E-state index contributed by atoms with van der Waals surface area (Å²) in [6, 6.07) is 14.5. The first-order valence-electron chi connectivity index (χ1n) is 6.93. The number of hydrogen-bond acceptors (Lipinski definition) is 3. The van der Waals surface area contributed by atoms with Gasteiger partial charge < -0.3 is 10.2 Å². The number of pyridine rings is 1. The molecule has 4 heteroatoms. The zero-order chi connectivity index (χ0) is 14.4. The summed E-state index contributed by atoms with van der Waals surface area (Å²) in [4.78, 5) is 6.74. The highest BCUT2D eigenvalue weighted by atomic mass is 79.9. The monoisotopic (exact) mass is 333 g/mol. The van der Waals surface area contributed by atoms with Crippen LogP contribution in [0.15, 0.2) is 47.1 Å². The summed E-state index contributed by atoms with van der Waals surface area (Å²) in [5.41, 5.74) is 3.40. The Bertz CT molecular complexity index is 536. The minimum atomic E-state index is 0.726. The van der Waals surface area contributed by atoms with Crippen LogP contribution < -0.4 is 10.2 Å². The van der Waals surface area contributed by atoms with Crippen LogP contribution in [0.1, 0.15) is 19.5 Å². The van der Waals surface area contributed by atoms with Gasteiger partial charge in [-0.2, -0.15) is 0 Å². The molecule has 0 aliphatic rings. The number of benzene rings is 1. The molecule has 0 fully saturated rings. The van der Waals surface area contributed by atoms with Crippen LogP contribution in [0.5, 0.6) is 0 Å². The molecule has 1 aromatic heterocycles. The van der Waals surface area contributed by atoms with Gasteiger partial charge in [0.25, 0.3) is 0 Å². The maximum Gasteiger partial charge on any atom is 0.106 e. The topological polar surface area (TPSA) is 28.2 Å². The summed E-state index contributed by atoms with van der Waals surface area (Å²) >= 11 is 3.39. The molecule has 0 radical (unpaired) electrons. The highest BCUT2D eigenvalue weighted by Gasteiger charge is 2.01. The lowest BCUT2D eigenvalue weighted by molar-refractivity contribution is 0.866. The first kappa shape index (κ1) is 14.9. The molecule has 0 unspecified atom stereocenters. The van der Waals surface area contributed by atoms with Gasteiger partial charge in [0.05, 0.1) is 12.2 Å². The van der Waals surface area contributed by atoms with Crippen molar-refractivity contribution < 1.29 is 0 Å². The van der Waals surface area contributed by atoms with Gasteiger partial charge in [-0.3, -0.25) is 0 Å². The van der Waals surface area contributed by atoms with E-state index in [9.17, 15) is 0 Å². The van der Waals surface area contributed by atoms with Crippen molar-refractivity contribution in [2.75, 3.05) is 23.3 Å². The van der Waals surface area contributed by atoms with E-state index >= 15 is 0 Å². The quantitative estimate of drug-likeness (QED) is 0.798. The Kier molecular flexibility index (Phi) is 5.41. The van der Waals surface area contributed by atoms with Gasteiger partial charge in [-0.1, -0.05) is 6.07 Å². The Morgan fingerprint density at radius 3 is 2.35 bits per heavy atom. The molecule has 3 nitrogen and oxygen atoms in total. The average Bonchev–Trinajstić information content (AvgIpc) is 2.48. The van der Waals surface area contributed by atoms with Crippen LogP contribution in [0, 0.1) is 0 Å². The Morgan fingerprint density at radius 1 is 1.05 bits per heavy atom. The molecular formula is C16H20BrN3. The number of halogens is 1. The summed E-state index contributed by atoms with van der Waals surface area (Å²) in [5, 5.41) is 3.39. The SMILES string of the molecule is CCN(CC)c1ccc(NCc2cccc(Br)n2)cc1. The van der Waals surface area contributed by atoms with Crippen molar-refractivity contribution in [2.24, 2.45) is 0 Å². The first-order chi connectivity index (χ1) is 9.72. The number of aromatic nitrogens is 1. The molecule has 0 amide bonds. The molecule has 2 rings (SSSR count). The summed E-state index contributed by atoms with van der Waals surface area (Å²) < 4.78 is 0.869. The van der Waals surface area contributed by atoms with Crippen molar-refractivity contribution in [3.63, 3.8) is 0 Å². The molecule has 1 aromatic carbocycles. The molecule has 0 aliphatic carbocycles. The molecule has 1 N–H and O–H groups in total. The van der Waals surface area contributed by atoms with Gasteiger partial charge in [0.2, 0.25) is 0 Å². The van der Waals surface area contributed by atoms with Gasteiger partial charge in [0, 0.05) is 24.5 Å². The fraction of sp³-hybridized carbons (Fsp3) is 0.312. The standard InChI is InChI=1S/C16H20BrN3/c1-3-20(4-2)15-10-8-13(9-11-15)18-12-14-6-5-7-16(17)19-14/h5-11,18H,3-4,12H2,1-2H3. The van der Waals surface area contributed by atoms with E-state index in [0.717, 1.165) is 35.6 Å². The number of nitrogens with one attached hydrogen (secondary N) is 1. The lowest BCUT2D eigenvalue weighted by Gasteiger charge is -2.21. The van der Waals surface area contributed by atoms with Crippen LogP contribution in [-0.2, 0) is 6.54 Å². The van der Waals surface area contributed by atoms with Crippen molar-refractivity contribution >= 4 is 27.3 Å². The van der Waals surface area contributed by atoms with Gasteiger partial charge in [0.15, 0.2) is 0 Å². The predicted octanol–water partition coefficient (Wildman–Crippen LogP) is 4.30. The lowest BCUT2D eigenvalue weighted by atomic mass is 10.2. The zero-order valence-corrected chi connectivity index (χ0v) is 13.5. The van der Waals surface area contributed by atoms with Gasteiger partial charge in [0.1, 0.15) is 4.60 Å². The van der Waals surface area contributed by atoms with E-state index in [0.29, 0.717) is 0 Å². The van der Waals surface area contributed by atoms with Crippen molar-refractivity contribution in [1.82, 2.24) is 4.98 Å². The molecular weight excluding hydrogens is 314 g/mol. The van der Waals surface area contributed by atoms with E-state index in [-0.39, 0.29) is 0 Å². The first-order valence-corrected chi connectivity index (χ1v) is 7.72. The van der Waals surface area contributed by atoms with Crippen molar-refractivity contribution in [1.29, 1.82) is 0 Å². The fourth-order valence-corrected chi connectivity index (χ4v) is 2.50. The maximum atomic E-state index is 4.41. The second-order valence-corrected chi connectivity index (χ2v) is 5.34. The molecule has 0 spiro atoms. The fourth-order valence-electron chi connectivity index (χ4n) is 2.12. The van der Waals surface area contributed by atoms with Crippen molar-refractivity contribution in [3.05, 3.63) is 52.8 Å². The highest BCUT2D eigenvalue weighted by Crippen LogP contribution is 2.18. The Labute approximate surface area is 129 Å². The van der Waals surface area contributed by atoms with Gasteiger partial charge >= 0.3 is 0 Å². The zero-order valence-electron chi connectivity index (χ0n) is 11.9. The van der Waals surface area contributed by atoms with Crippen LogP contribution in [-0.4, -0.2) is 18.1 Å². The van der Waals surface area contributed by atoms with E-state index in [1.165, 1.54) is 5.69 Å². The normalized spacial score (nSPS) is 10.3. The molecule has 1 heterocycles. The molecule has 0 aliphatic heterocycles. The molecule has 0 saturated heterocycles. The summed E-state index contributed by atoms with van der Waals surface area (Å²) in [6.07, 6.45) is 0. The third-order valence-electron chi connectivity index (χ3n) is 3.24. The third kappa shape index (κ3) is 3.97. The summed E-state index contributed by atoms with van der Waals surface area (Å²) in [5.74, 6) is 0. The Hall–Kier alpha value is -1.55. The summed E-state index contributed by atoms with van der Waals surface area (Å²) in [6.45, 7) is 7.14. The second-order valence-electron chi connectivity index (χ2n) is 4.52. The minimum Gasteiger partial charge on any atom is -0.379 e. The molecule has 106 valence electrons. The number of hydrogen-bond donors (Lipinski definition) is 1. The molecule has 0 bridgehead atoms.